The van der Waals surface area contributed by atoms with Crippen LogP contribution >= 0.6 is 22.9 Å². The molecular formula is C20H21ClN2OS. The van der Waals surface area contributed by atoms with Gasteiger partial charge in [0.2, 0.25) is 0 Å². The lowest BCUT2D eigenvalue weighted by molar-refractivity contribution is 0.0932. The lowest BCUT2D eigenvalue weighted by Gasteiger charge is -2.16. The second kappa shape index (κ2) is 8.09. The highest BCUT2D eigenvalue weighted by atomic mass is 35.5. The molecule has 0 fully saturated rings. The smallest absolute Gasteiger partial charge is 0.124 e. The minimum absolute atomic E-state index is 0.124. The molecule has 3 nitrogen and oxygen atoms in total. The van der Waals surface area contributed by atoms with Crippen molar-refractivity contribution in [3.8, 4) is 10.6 Å². The SMILES string of the molecule is CCOC(c1ccc(Cl)cc1)c1sc(-c2ccnc(CC)c2)nc1C. The highest BCUT2D eigenvalue weighted by molar-refractivity contribution is 7.15. The fraction of sp³-hybridized carbons (Fsp3) is 0.300. The quantitative estimate of drug-likeness (QED) is 0.544. The number of halogens is 1. The number of hydrogen-bond donors (Lipinski definition) is 0. The standard InChI is InChI=1S/C20H21ClN2OS/c1-4-17-12-15(10-11-22-17)20-23-13(3)19(25-20)18(24-5-2)14-6-8-16(21)9-7-14/h6-12,18H,4-5H2,1-3H3. The molecule has 0 bridgehead atoms. The van der Waals surface area contributed by atoms with E-state index in [4.69, 9.17) is 21.3 Å². The molecule has 130 valence electrons. The number of nitrogens with zero attached hydrogens (tertiary/aromatic N) is 2. The normalized spacial score (nSPS) is 12.3. The molecule has 0 amide bonds. The van der Waals surface area contributed by atoms with Crippen LogP contribution in [0, 0.1) is 6.92 Å². The van der Waals surface area contributed by atoms with Gasteiger partial charge < -0.3 is 4.74 Å². The summed E-state index contributed by atoms with van der Waals surface area (Å²) >= 11 is 7.71. The van der Waals surface area contributed by atoms with Gasteiger partial charge in [-0.2, -0.15) is 0 Å². The van der Waals surface area contributed by atoms with Gasteiger partial charge >= 0.3 is 0 Å². The summed E-state index contributed by atoms with van der Waals surface area (Å²) in [4.78, 5) is 10.3. The van der Waals surface area contributed by atoms with E-state index in [1.54, 1.807) is 11.3 Å². The Labute approximate surface area is 157 Å². The molecule has 0 aliphatic rings. The third-order valence-corrected chi connectivity index (χ3v) is 5.50. The Morgan fingerprint density at radius 3 is 2.60 bits per heavy atom. The average molecular weight is 373 g/mol. The fourth-order valence-electron chi connectivity index (χ4n) is 2.71. The van der Waals surface area contributed by atoms with Crippen molar-refractivity contribution in [2.45, 2.75) is 33.3 Å². The first-order chi connectivity index (χ1) is 12.1. The maximum atomic E-state index is 6.04. The van der Waals surface area contributed by atoms with Crippen LogP contribution in [0.4, 0.5) is 0 Å². The van der Waals surface area contributed by atoms with Gasteiger partial charge in [0.05, 0.1) is 10.6 Å². The van der Waals surface area contributed by atoms with Gasteiger partial charge in [-0.1, -0.05) is 30.7 Å². The molecule has 3 aromatic rings. The van der Waals surface area contributed by atoms with Crippen LogP contribution in [-0.4, -0.2) is 16.6 Å². The van der Waals surface area contributed by atoms with Crippen LogP contribution < -0.4 is 0 Å². The number of aromatic nitrogens is 2. The zero-order valence-electron chi connectivity index (χ0n) is 14.6. The molecule has 5 heteroatoms. The summed E-state index contributed by atoms with van der Waals surface area (Å²) < 4.78 is 6.04. The van der Waals surface area contributed by atoms with E-state index >= 15 is 0 Å². The first-order valence-electron chi connectivity index (χ1n) is 8.42. The van der Waals surface area contributed by atoms with Gasteiger partial charge in [0.25, 0.3) is 0 Å². The van der Waals surface area contributed by atoms with Gasteiger partial charge in [-0.15, -0.1) is 11.3 Å². The van der Waals surface area contributed by atoms with Gasteiger partial charge in [-0.3, -0.25) is 4.98 Å². The van der Waals surface area contributed by atoms with Gasteiger partial charge in [0.15, 0.2) is 0 Å². The van der Waals surface area contributed by atoms with Crippen molar-refractivity contribution in [1.29, 1.82) is 0 Å². The first kappa shape index (κ1) is 18.1. The van der Waals surface area contributed by atoms with E-state index < -0.39 is 0 Å². The summed E-state index contributed by atoms with van der Waals surface area (Å²) in [6.07, 6.45) is 2.64. The van der Waals surface area contributed by atoms with E-state index in [1.165, 1.54) is 0 Å². The molecule has 0 saturated carbocycles. The van der Waals surface area contributed by atoms with E-state index in [0.29, 0.717) is 6.61 Å². The Balaban J connectivity index is 2.00. The van der Waals surface area contributed by atoms with Crippen molar-refractivity contribution in [2.75, 3.05) is 6.61 Å². The molecule has 2 heterocycles. The van der Waals surface area contributed by atoms with Crippen molar-refractivity contribution in [3.63, 3.8) is 0 Å². The Kier molecular flexibility index (Phi) is 5.84. The Bertz CT molecular complexity index is 845. The van der Waals surface area contributed by atoms with Crippen LogP contribution in [0.25, 0.3) is 10.6 Å². The summed E-state index contributed by atoms with van der Waals surface area (Å²) in [5, 5.41) is 1.73. The minimum atomic E-state index is -0.124. The molecule has 0 aliphatic carbocycles. The molecule has 2 aromatic heterocycles. The molecule has 25 heavy (non-hydrogen) atoms. The van der Waals surface area contributed by atoms with Crippen molar-refractivity contribution >= 4 is 22.9 Å². The topological polar surface area (TPSA) is 35.0 Å². The summed E-state index contributed by atoms with van der Waals surface area (Å²) in [5.74, 6) is 0. The average Bonchev–Trinajstić information content (AvgIpc) is 3.02. The fourth-order valence-corrected chi connectivity index (χ4v) is 3.97. The number of aryl methyl sites for hydroxylation is 2. The van der Waals surface area contributed by atoms with Crippen molar-refractivity contribution < 1.29 is 4.74 Å². The highest BCUT2D eigenvalue weighted by Gasteiger charge is 2.21. The number of rotatable bonds is 6. The van der Waals surface area contributed by atoms with E-state index in [2.05, 4.69) is 18.0 Å². The van der Waals surface area contributed by atoms with Gasteiger partial charge in [-0.05, 0) is 50.1 Å². The number of hydrogen-bond acceptors (Lipinski definition) is 4. The highest BCUT2D eigenvalue weighted by Crippen LogP contribution is 2.37. The van der Waals surface area contributed by atoms with Crippen molar-refractivity contribution in [2.24, 2.45) is 0 Å². The zero-order valence-corrected chi connectivity index (χ0v) is 16.2. The maximum Gasteiger partial charge on any atom is 0.124 e. The second-order valence-electron chi connectivity index (χ2n) is 5.75. The molecule has 0 N–H and O–H groups in total. The molecule has 0 radical (unpaired) electrons. The third-order valence-electron chi connectivity index (χ3n) is 4.00. The van der Waals surface area contributed by atoms with Gasteiger partial charge in [0.1, 0.15) is 11.1 Å². The summed E-state index contributed by atoms with van der Waals surface area (Å²) in [7, 11) is 0. The molecule has 1 aromatic carbocycles. The van der Waals surface area contributed by atoms with Gasteiger partial charge in [-0.25, -0.2) is 4.98 Å². The maximum absolute atomic E-state index is 6.04. The number of ether oxygens (including phenoxy) is 1. The van der Waals surface area contributed by atoms with Gasteiger partial charge in [0, 0.05) is 29.1 Å². The van der Waals surface area contributed by atoms with E-state index in [9.17, 15) is 0 Å². The van der Waals surface area contributed by atoms with Crippen molar-refractivity contribution in [1.82, 2.24) is 9.97 Å². The van der Waals surface area contributed by atoms with Crippen LogP contribution in [0.2, 0.25) is 5.02 Å². The lowest BCUT2D eigenvalue weighted by Crippen LogP contribution is -2.05. The third kappa shape index (κ3) is 4.09. The summed E-state index contributed by atoms with van der Waals surface area (Å²) in [6.45, 7) is 6.79. The van der Waals surface area contributed by atoms with E-state index in [0.717, 1.165) is 43.8 Å². The molecule has 0 spiro atoms. The molecule has 1 atom stereocenters. The molecule has 3 rings (SSSR count). The Morgan fingerprint density at radius 2 is 1.92 bits per heavy atom. The first-order valence-corrected chi connectivity index (χ1v) is 9.61. The van der Waals surface area contributed by atoms with Crippen LogP contribution in [0.5, 0.6) is 0 Å². The minimum Gasteiger partial charge on any atom is -0.368 e. The number of benzene rings is 1. The Morgan fingerprint density at radius 1 is 1.16 bits per heavy atom. The molecule has 0 saturated heterocycles. The monoisotopic (exact) mass is 372 g/mol. The summed E-state index contributed by atoms with van der Waals surface area (Å²) in [6, 6.07) is 12.0. The number of thiazole rings is 1. The molecular weight excluding hydrogens is 352 g/mol. The zero-order chi connectivity index (χ0) is 17.8. The van der Waals surface area contributed by atoms with Crippen molar-refractivity contribution in [3.05, 3.63) is 69.4 Å². The van der Waals surface area contributed by atoms with E-state index in [1.807, 2.05) is 50.4 Å². The van der Waals surface area contributed by atoms with Crippen LogP contribution in [-0.2, 0) is 11.2 Å². The predicted molar refractivity (Wildman–Crippen MR) is 104 cm³/mol. The van der Waals surface area contributed by atoms with Crippen LogP contribution in [0.1, 0.15) is 41.8 Å². The molecule has 0 aliphatic heterocycles. The van der Waals surface area contributed by atoms with Crippen LogP contribution in [0.15, 0.2) is 42.6 Å². The van der Waals surface area contributed by atoms with E-state index in [-0.39, 0.29) is 6.10 Å². The number of pyridine rings is 1. The van der Waals surface area contributed by atoms with Crippen LogP contribution in [0.3, 0.4) is 0 Å². The largest absolute Gasteiger partial charge is 0.368 e. The Hall–Kier alpha value is -1.75. The predicted octanol–water partition coefficient (Wildman–Crippen LogP) is 5.86. The molecule has 1 unspecified atom stereocenters. The summed E-state index contributed by atoms with van der Waals surface area (Å²) in [5.41, 5.74) is 4.28. The second-order valence-corrected chi connectivity index (χ2v) is 7.21. The lowest BCUT2D eigenvalue weighted by atomic mass is 10.1.